The van der Waals surface area contributed by atoms with Gasteiger partial charge in [0.15, 0.2) is 5.69 Å². The number of nitrogens with zero attached hydrogens (tertiary/aromatic N) is 2. The molecule has 7 aromatic carbocycles. The van der Waals surface area contributed by atoms with E-state index in [1.165, 1.54) is 63.4 Å². The summed E-state index contributed by atoms with van der Waals surface area (Å²) in [5.74, 6) is 0. The quantitative estimate of drug-likeness (QED) is 0.116. The SMILES string of the molecule is [C-]#[N+]c1ccc(-c2c3ccccc3c(-c3nc4ccccc4c4c3ccc3c5ccccc5sc34)c3ccccc23)cc1. The molecule has 0 aliphatic heterocycles. The highest BCUT2D eigenvalue weighted by Gasteiger charge is 2.21. The standard InChI is InChI=1S/C40H22N2S/c1-41-25-20-18-24(19-21-25)36-27-11-2-4-13-29(27)37(30-14-5-3-12-28(30)36)39-33-23-22-31-26-10-7-9-17-35(26)43-40(31)38(33)32-15-6-8-16-34(32)42-39/h2-23H. The van der Waals surface area contributed by atoms with Gasteiger partial charge < -0.3 is 0 Å². The van der Waals surface area contributed by atoms with Gasteiger partial charge in [0.1, 0.15) is 0 Å². The number of fused-ring (bicyclic) bond motifs is 9. The van der Waals surface area contributed by atoms with Gasteiger partial charge in [-0.1, -0.05) is 121 Å². The maximum absolute atomic E-state index is 7.43. The minimum atomic E-state index is 0.647. The fraction of sp³-hybridized carbons (Fsp3) is 0. The first-order valence-electron chi connectivity index (χ1n) is 14.3. The van der Waals surface area contributed by atoms with E-state index in [0.29, 0.717) is 5.69 Å². The lowest BCUT2D eigenvalue weighted by atomic mass is 9.86. The Balaban J connectivity index is 1.48. The normalized spacial score (nSPS) is 11.7. The molecular formula is C40H22N2S. The first-order valence-corrected chi connectivity index (χ1v) is 15.2. The minimum absolute atomic E-state index is 0.647. The number of aromatic nitrogens is 1. The number of pyridine rings is 1. The van der Waals surface area contributed by atoms with Gasteiger partial charge in [0.25, 0.3) is 0 Å². The Hall–Kier alpha value is -5.56. The maximum atomic E-state index is 7.43. The molecule has 0 saturated heterocycles. The summed E-state index contributed by atoms with van der Waals surface area (Å²) in [6, 6.07) is 47.2. The van der Waals surface area contributed by atoms with Crippen LogP contribution in [-0.2, 0) is 0 Å². The summed E-state index contributed by atoms with van der Waals surface area (Å²) in [5.41, 5.74) is 6.10. The van der Waals surface area contributed by atoms with Crippen molar-refractivity contribution in [1.82, 2.24) is 4.98 Å². The van der Waals surface area contributed by atoms with Gasteiger partial charge in [0.2, 0.25) is 0 Å². The summed E-state index contributed by atoms with van der Waals surface area (Å²) in [5, 5.41) is 10.9. The molecule has 0 aliphatic carbocycles. The van der Waals surface area contributed by atoms with Crippen LogP contribution in [0.4, 0.5) is 5.69 Å². The van der Waals surface area contributed by atoms with Crippen molar-refractivity contribution < 1.29 is 0 Å². The zero-order chi connectivity index (χ0) is 28.5. The Morgan fingerprint density at radius 1 is 0.488 bits per heavy atom. The summed E-state index contributed by atoms with van der Waals surface area (Å²) in [7, 11) is 0. The lowest BCUT2D eigenvalue weighted by Crippen LogP contribution is -1.94. The number of thiophene rings is 1. The maximum Gasteiger partial charge on any atom is 0.187 e. The van der Waals surface area contributed by atoms with Crippen molar-refractivity contribution in [2.24, 2.45) is 0 Å². The molecule has 0 spiro atoms. The Morgan fingerprint density at radius 2 is 1.05 bits per heavy atom. The number of para-hydroxylation sites is 1. The van der Waals surface area contributed by atoms with Crippen molar-refractivity contribution >= 4 is 80.4 Å². The lowest BCUT2D eigenvalue weighted by Gasteiger charge is -2.19. The van der Waals surface area contributed by atoms with E-state index >= 15 is 0 Å². The smallest absolute Gasteiger partial charge is 0.187 e. The fourth-order valence-corrected chi connectivity index (χ4v) is 8.07. The van der Waals surface area contributed by atoms with Crippen molar-refractivity contribution in [2.75, 3.05) is 0 Å². The highest BCUT2D eigenvalue weighted by molar-refractivity contribution is 7.26. The van der Waals surface area contributed by atoms with Gasteiger partial charge >= 0.3 is 0 Å². The van der Waals surface area contributed by atoms with Crippen molar-refractivity contribution in [3.63, 3.8) is 0 Å². The Labute approximate surface area is 251 Å². The van der Waals surface area contributed by atoms with E-state index in [1.807, 2.05) is 23.5 Å². The third-order valence-corrected chi connectivity index (χ3v) is 9.87. The molecule has 2 nitrogen and oxygen atoms in total. The highest BCUT2D eigenvalue weighted by Crippen LogP contribution is 2.48. The van der Waals surface area contributed by atoms with Gasteiger partial charge in [-0.2, -0.15) is 0 Å². The van der Waals surface area contributed by atoms with E-state index in [-0.39, 0.29) is 0 Å². The van der Waals surface area contributed by atoms with Gasteiger partial charge in [-0.05, 0) is 44.8 Å². The topological polar surface area (TPSA) is 17.2 Å². The molecule has 9 rings (SSSR count). The molecule has 0 amide bonds. The van der Waals surface area contributed by atoms with Crippen molar-refractivity contribution in [3.8, 4) is 22.4 Å². The van der Waals surface area contributed by atoms with E-state index in [9.17, 15) is 0 Å². The molecule has 198 valence electrons. The van der Waals surface area contributed by atoms with Crippen LogP contribution in [0.15, 0.2) is 133 Å². The Bertz CT molecular complexity index is 2560. The second kappa shape index (κ2) is 9.22. The number of rotatable bonds is 2. The predicted molar refractivity (Wildman–Crippen MR) is 184 cm³/mol. The molecule has 3 heteroatoms. The molecule has 0 unspecified atom stereocenters. The largest absolute Gasteiger partial charge is 0.247 e. The van der Waals surface area contributed by atoms with E-state index in [1.54, 1.807) is 0 Å². The van der Waals surface area contributed by atoms with Crippen molar-refractivity contribution in [3.05, 3.63) is 145 Å². The molecule has 43 heavy (non-hydrogen) atoms. The molecule has 2 heterocycles. The third kappa shape index (κ3) is 3.48. The Kier molecular flexibility index (Phi) is 5.17. The van der Waals surface area contributed by atoms with Crippen LogP contribution in [0.3, 0.4) is 0 Å². The summed E-state index contributed by atoms with van der Waals surface area (Å²) in [6.07, 6.45) is 0. The summed E-state index contributed by atoms with van der Waals surface area (Å²) < 4.78 is 2.61. The van der Waals surface area contributed by atoms with Crippen LogP contribution in [0.1, 0.15) is 0 Å². The third-order valence-electron chi connectivity index (χ3n) is 8.66. The van der Waals surface area contributed by atoms with Gasteiger partial charge in [0.05, 0.1) is 17.8 Å². The molecule has 0 saturated carbocycles. The lowest BCUT2D eigenvalue weighted by molar-refractivity contribution is 1.45. The fourth-order valence-electron chi connectivity index (χ4n) is 6.80. The summed E-state index contributed by atoms with van der Waals surface area (Å²) >= 11 is 1.87. The number of hydrogen-bond acceptors (Lipinski definition) is 2. The Morgan fingerprint density at radius 3 is 1.72 bits per heavy atom. The molecule has 9 aromatic rings. The predicted octanol–water partition coefficient (Wildman–Crippen LogP) is 11.9. The summed E-state index contributed by atoms with van der Waals surface area (Å²) in [6.45, 7) is 7.43. The highest BCUT2D eigenvalue weighted by atomic mass is 32.1. The number of hydrogen-bond donors (Lipinski definition) is 0. The zero-order valence-corrected chi connectivity index (χ0v) is 23.8. The average Bonchev–Trinajstić information content (AvgIpc) is 3.46. The van der Waals surface area contributed by atoms with Crippen LogP contribution >= 0.6 is 11.3 Å². The van der Waals surface area contributed by atoms with E-state index in [0.717, 1.165) is 22.3 Å². The second-order valence-corrected chi connectivity index (χ2v) is 12.0. The monoisotopic (exact) mass is 562 g/mol. The van der Waals surface area contributed by atoms with Crippen LogP contribution in [0.5, 0.6) is 0 Å². The zero-order valence-electron chi connectivity index (χ0n) is 23.0. The van der Waals surface area contributed by atoms with Gasteiger partial charge in [0, 0.05) is 41.9 Å². The first-order chi connectivity index (χ1) is 21.3. The summed E-state index contributed by atoms with van der Waals surface area (Å²) in [4.78, 5) is 9.05. The van der Waals surface area contributed by atoms with Crippen LogP contribution in [-0.4, -0.2) is 4.98 Å². The van der Waals surface area contributed by atoms with Gasteiger partial charge in [-0.25, -0.2) is 9.83 Å². The molecule has 0 radical (unpaired) electrons. The second-order valence-electron chi connectivity index (χ2n) is 10.9. The number of benzene rings is 7. The molecule has 0 fully saturated rings. The minimum Gasteiger partial charge on any atom is -0.247 e. The van der Waals surface area contributed by atoms with Crippen molar-refractivity contribution in [1.29, 1.82) is 0 Å². The molecule has 0 bridgehead atoms. The molecule has 2 aromatic heterocycles. The first kappa shape index (κ1) is 24.1. The van der Waals surface area contributed by atoms with Crippen LogP contribution in [0, 0.1) is 6.57 Å². The van der Waals surface area contributed by atoms with E-state index in [2.05, 4.69) is 126 Å². The molecular weight excluding hydrogens is 541 g/mol. The van der Waals surface area contributed by atoms with E-state index in [4.69, 9.17) is 11.6 Å². The van der Waals surface area contributed by atoms with Gasteiger partial charge in [-0.15, -0.1) is 11.3 Å². The molecule has 0 atom stereocenters. The van der Waals surface area contributed by atoms with Gasteiger partial charge in [-0.3, -0.25) is 0 Å². The molecule has 0 N–H and O–H groups in total. The van der Waals surface area contributed by atoms with Crippen LogP contribution in [0.25, 0.3) is 90.6 Å². The van der Waals surface area contributed by atoms with E-state index < -0.39 is 0 Å². The van der Waals surface area contributed by atoms with Crippen LogP contribution < -0.4 is 0 Å². The van der Waals surface area contributed by atoms with Crippen LogP contribution in [0.2, 0.25) is 0 Å². The average molecular weight is 563 g/mol. The molecule has 0 aliphatic rings. The van der Waals surface area contributed by atoms with Crippen molar-refractivity contribution in [2.45, 2.75) is 0 Å².